The van der Waals surface area contributed by atoms with Crippen molar-refractivity contribution in [1.82, 2.24) is 15.6 Å². The van der Waals surface area contributed by atoms with Crippen LogP contribution in [0, 0.1) is 0 Å². The van der Waals surface area contributed by atoms with Crippen molar-refractivity contribution in [2.45, 2.75) is 32.2 Å². The number of nitrogens with two attached hydrogens (primary N) is 1. The Morgan fingerprint density at radius 1 is 1.04 bits per heavy atom. The van der Waals surface area contributed by atoms with E-state index in [9.17, 15) is 9.59 Å². The second kappa shape index (κ2) is 12.7. The maximum absolute atomic E-state index is 11.6. The van der Waals surface area contributed by atoms with Crippen molar-refractivity contribution >= 4 is 42.4 Å². The molecule has 25 heavy (non-hydrogen) atoms. The molecule has 0 bridgehead atoms. The molecule has 4 N–H and O–H groups in total. The average Bonchev–Trinajstić information content (AvgIpc) is 2.87. The van der Waals surface area contributed by atoms with Crippen molar-refractivity contribution in [2.75, 3.05) is 31.1 Å². The van der Waals surface area contributed by atoms with Gasteiger partial charge in [-0.25, -0.2) is 4.98 Å². The fourth-order valence-electron chi connectivity index (χ4n) is 2.52. The number of nitrogens with one attached hydrogen (secondary N) is 2. The van der Waals surface area contributed by atoms with Crippen LogP contribution < -0.4 is 21.3 Å². The van der Waals surface area contributed by atoms with Gasteiger partial charge < -0.3 is 21.3 Å². The highest BCUT2D eigenvalue weighted by molar-refractivity contribution is 5.86. The van der Waals surface area contributed by atoms with E-state index in [4.69, 9.17) is 5.73 Å². The summed E-state index contributed by atoms with van der Waals surface area (Å²) >= 11 is 0. The van der Waals surface area contributed by atoms with Crippen LogP contribution in [0.2, 0.25) is 0 Å². The summed E-state index contributed by atoms with van der Waals surface area (Å²) in [6, 6.07) is 3.98. The number of halogens is 2. The summed E-state index contributed by atoms with van der Waals surface area (Å²) in [5.74, 6) is 0.407. The number of anilines is 1. The Morgan fingerprint density at radius 2 is 1.72 bits per heavy atom. The van der Waals surface area contributed by atoms with Crippen LogP contribution in [-0.4, -0.2) is 43.0 Å². The number of hydrogen-bond acceptors (Lipinski definition) is 5. The van der Waals surface area contributed by atoms with E-state index in [1.54, 1.807) is 6.20 Å². The highest BCUT2D eigenvalue weighted by atomic mass is 35.5. The molecule has 1 aliphatic rings. The van der Waals surface area contributed by atoms with Gasteiger partial charge in [0.15, 0.2) is 0 Å². The first-order valence-electron chi connectivity index (χ1n) is 8.12. The zero-order valence-corrected chi connectivity index (χ0v) is 15.8. The Hall–Kier alpha value is -1.57. The number of aromatic nitrogens is 1. The first-order valence-corrected chi connectivity index (χ1v) is 8.12. The highest BCUT2D eigenvalue weighted by Gasteiger charge is 2.11. The predicted octanol–water partition coefficient (Wildman–Crippen LogP) is 0.997. The smallest absolute Gasteiger partial charge is 0.239 e. The minimum absolute atomic E-state index is 0. The first-order chi connectivity index (χ1) is 11.2. The Kier molecular flexibility index (Phi) is 11.9. The fourth-order valence-corrected chi connectivity index (χ4v) is 2.52. The van der Waals surface area contributed by atoms with E-state index in [0.29, 0.717) is 6.54 Å². The van der Waals surface area contributed by atoms with Crippen LogP contribution in [0.25, 0.3) is 0 Å². The maximum Gasteiger partial charge on any atom is 0.239 e. The molecule has 2 amide bonds. The Labute approximate surface area is 160 Å². The molecule has 0 aliphatic carbocycles. The molecule has 0 saturated carbocycles. The molecule has 0 atom stereocenters. The van der Waals surface area contributed by atoms with Gasteiger partial charge in [-0.3, -0.25) is 9.59 Å². The van der Waals surface area contributed by atoms with Crippen LogP contribution in [0.15, 0.2) is 18.3 Å². The lowest BCUT2D eigenvalue weighted by molar-refractivity contribution is -0.125. The molecular weight excluding hydrogens is 365 g/mol. The van der Waals surface area contributed by atoms with Gasteiger partial charge in [0.2, 0.25) is 11.8 Å². The standard InChI is InChI=1S/C16H25N5O2.2ClH/c17-9-15(22)20-12-16(23)19-11-13-5-6-14(18-10-13)21-7-3-1-2-4-8-21;;/h5-6,10H,1-4,7-9,11-12,17H2,(H,19,23)(H,20,22);2*1H. The zero-order valence-electron chi connectivity index (χ0n) is 14.2. The number of hydrogen-bond donors (Lipinski definition) is 3. The third-order valence-corrected chi connectivity index (χ3v) is 3.86. The molecule has 2 rings (SSSR count). The number of carbonyl (C=O) groups excluding carboxylic acids is 2. The lowest BCUT2D eigenvalue weighted by atomic mass is 10.2. The minimum atomic E-state index is -0.344. The van der Waals surface area contributed by atoms with Crippen LogP contribution in [0.4, 0.5) is 5.82 Å². The number of amides is 2. The second-order valence-corrected chi connectivity index (χ2v) is 5.68. The van der Waals surface area contributed by atoms with Crippen molar-refractivity contribution in [3.8, 4) is 0 Å². The number of rotatable bonds is 6. The van der Waals surface area contributed by atoms with E-state index in [1.165, 1.54) is 25.7 Å². The van der Waals surface area contributed by atoms with E-state index >= 15 is 0 Å². The summed E-state index contributed by atoms with van der Waals surface area (Å²) in [5, 5.41) is 5.17. The first kappa shape index (κ1) is 23.4. The molecule has 0 radical (unpaired) electrons. The second-order valence-electron chi connectivity index (χ2n) is 5.68. The molecule has 142 valence electrons. The molecule has 0 unspecified atom stereocenters. The van der Waals surface area contributed by atoms with Crippen LogP contribution >= 0.6 is 24.8 Å². The third kappa shape index (κ3) is 8.38. The van der Waals surface area contributed by atoms with E-state index in [-0.39, 0.29) is 49.7 Å². The number of pyridine rings is 1. The summed E-state index contributed by atoms with van der Waals surface area (Å²) in [6.45, 7) is 2.34. The molecule has 1 saturated heterocycles. The summed E-state index contributed by atoms with van der Waals surface area (Å²) in [6.07, 6.45) is 6.81. The van der Waals surface area contributed by atoms with Crippen LogP contribution in [-0.2, 0) is 16.1 Å². The van der Waals surface area contributed by atoms with Gasteiger partial charge in [-0.15, -0.1) is 24.8 Å². The molecule has 9 heteroatoms. The molecule has 2 heterocycles. The van der Waals surface area contributed by atoms with Crippen molar-refractivity contribution in [1.29, 1.82) is 0 Å². The van der Waals surface area contributed by atoms with E-state index < -0.39 is 0 Å². The van der Waals surface area contributed by atoms with Gasteiger partial charge in [0.05, 0.1) is 13.1 Å². The Bertz CT molecular complexity index is 520. The van der Waals surface area contributed by atoms with Crippen LogP contribution in [0.3, 0.4) is 0 Å². The van der Waals surface area contributed by atoms with Gasteiger partial charge in [-0.2, -0.15) is 0 Å². The maximum atomic E-state index is 11.6. The number of carbonyl (C=O) groups is 2. The molecule has 1 fully saturated rings. The van der Waals surface area contributed by atoms with Crippen LogP contribution in [0.5, 0.6) is 0 Å². The summed E-state index contributed by atoms with van der Waals surface area (Å²) in [5.41, 5.74) is 6.09. The van der Waals surface area contributed by atoms with E-state index in [0.717, 1.165) is 24.5 Å². The average molecular weight is 392 g/mol. The van der Waals surface area contributed by atoms with Gasteiger partial charge in [0.1, 0.15) is 5.82 Å². The third-order valence-electron chi connectivity index (χ3n) is 3.86. The van der Waals surface area contributed by atoms with Gasteiger partial charge >= 0.3 is 0 Å². The Morgan fingerprint density at radius 3 is 2.28 bits per heavy atom. The van der Waals surface area contributed by atoms with Crippen molar-refractivity contribution in [3.63, 3.8) is 0 Å². The van der Waals surface area contributed by atoms with E-state index in [1.807, 2.05) is 12.1 Å². The largest absolute Gasteiger partial charge is 0.357 e. The zero-order chi connectivity index (χ0) is 16.5. The molecule has 0 spiro atoms. The highest BCUT2D eigenvalue weighted by Crippen LogP contribution is 2.17. The topological polar surface area (TPSA) is 100 Å². The SMILES string of the molecule is Cl.Cl.NCC(=O)NCC(=O)NCc1ccc(N2CCCCCC2)nc1. The lowest BCUT2D eigenvalue weighted by Gasteiger charge is -2.21. The molecular formula is C16H27Cl2N5O2. The predicted molar refractivity (Wildman–Crippen MR) is 103 cm³/mol. The lowest BCUT2D eigenvalue weighted by Crippen LogP contribution is -2.39. The summed E-state index contributed by atoms with van der Waals surface area (Å²) < 4.78 is 0. The van der Waals surface area contributed by atoms with Gasteiger partial charge in [-0.05, 0) is 24.5 Å². The minimum Gasteiger partial charge on any atom is -0.357 e. The molecule has 1 aliphatic heterocycles. The molecule has 7 nitrogen and oxygen atoms in total. The normalized spacial score (nSPS) is 13.7. The number of nitrogens with zero attached hydrogens (tertiary/aromatic N) is 2. The quantitative estimate of drug-likeness (QED) is 0.671. The van der Waals surface area contributed by atoms with Gasteiger partial charge in [0, 0.05) is 25.8 Å². The van der Waals surface area contributed by atoms with Crippen molar-refractivity contribution in [2.24, 2.45) is 5.73 Å². The van der Waals surface area contributed by atoms with E-state index in [2.05, 4.69) is 20.5 Å². The monoisotopic (exact) mass is 391 g/mol. The van der Waals surface area contributed by atoms with Gasteiger partial charge in [0.25, 0.3) is 0 Å². The van der Waals surface area contributed by atoms with Crippen molar-refractivity contribution in [3.05, 3.63) is 23.9 Å². The molecule has 1 aromatic rings. The fraction of sp³-hybridized carbons (Fsp3) is 0.562. The molecule has 1 aromatic heterocycles. The van der Waals surface area contributed by atoms with Crippen LogP contribution in [0.1, 0.15) is 31.2 Å². The summed E-state index contributed by atoms with van der Waals surface area (Å²) in [7, 11) is 0. The summed E-state index contributed by atoms with van der Waals surface area (Å²) in [4.78, 5) is 29.4. The molecule has 0 aromatic carbocycles. The van der Waals surface area contributed by atoms with Gasteiger partial charge in [-0.1, -0.05) is 18.9 Å². The van der Waals surface area contributed by atoms with Crippen molar-refractivity contribution < 1.29 is 9.59 Å². The Balaban J connectivity index is 0.00000288.